The lowest BCUT2D eigenvalue weighted by Gasteiger charge is -2.23. The Balaban J connectivity index is 2.24. The average Bonchev–Trinajstić information content (AvgIpc) is 2.45. The predicted molar refractivity (Wildman–Crippen MR) is 87.4 cm³/mol. The molecule has 0 bridgehead atoms. The first-order chi connectivity index (χ1) is 10.4. The molecule has 0 aliphatic heterocycles. The third-order valence-electron chi connectivity index (χ3n) is 3.81. The highest BCUT2D eigenvalue weighted by molar-refractivity contribution is 5.95. The van der Waals surface area contributed by atoms with E-state index in [0.717, 1.165) is 16.7 Å². The molecule has 116 valence electrons. The molecule has 0 aliphatic rings. The van der Waals surface area contributed by atoms with E-state index < -0.39 is 0 Å². The smallest absolute Gasteiger partial charge is 0.252 e. The van der Waals surface area contributed by atoms with Gasteiger partial charge in [0, 0.05) is 5.56 Å². The highest BCUT2D eigenvalue weighted by atomic mass is 19.1. The number of hydrogen-bond acceptors (Lipinski definition) is 1. The maximum atomic E-state index is 13.1. The zero-order valence-corrected chi connectivity index (χ0v) is 13.5. The summed E-state index contributed by atoms with van der Waals surface area (Å²) in [6.45, 7) is 8.01. The molecule has 2 nitrogen and oxygen atoms in total. The van der Waals surface area contributed by atoms with Gasteiger partial charge in [-0.15, -0.1) is 0 Å². The summed E-state index contributed by atoms with van der Waals surface area (Å²) < 4.78 is 13.1. The van der Waals surface area contributed by atoms with Gasteiger partial charge in [-0.1, -0.05) is 43.7 Å². The summed E-state index contributed by atoms with van der Waals surface area (Å²) in [6, 6.07) is 11.9. The molecule has 2 aromatic rings. The molecule has 0 saturated heterocycles. The van der Waals surface area contributed by atoms with E-state index in [1.807, 2.05) is 45.9 Å². The van der Waals surface area contributed by atoms with E-state index in [-0.39, 0.29) is 23.7 Å². The Morgan fingerprint density at radius 3 is 2.23 bits per heavy atom. The molecule has 0 heterocycles. The van der Waals surface area contributed by atoms with Gasteiger partial charge in [-0.05, 0) is 49.1 Å². The summed E-state index contributed by atoms with van der Waals surface area (Å²) in [4.78, 5) is 12.5. The number of carbonyl (C=O) groups is 1. The van der Waals surface area contributed by atoms with Crippen LogP contribution in [0.25, 0.3) is 0 Å². The van der Waals surface area contributed by atoms with Gasteiger partial charge in [-0.2, -0.15) is 0 Å². The number of hydrogen-bond donors (Lipinski definition) is 1. The Kier molecular flexibility index (Phi) is 4.96. The minimum absolute atomic E-state index is 0.0967. The summed E-state index contributed by atoms with van der Waals surface area (Å²) in [5.74, 6) is -0.160. The summed E-state index contributed by atoms with van der Waals surface area (Å²) in [5.41, 5.74) is 3.68. The highest BCUT2D eigenvalue weighted by Gasteiger charge is 2.20. The highest BCUT2D eigenvalue weighted by Crippen LogP contribution is 2.23. The van der Waals surface area contributed by atoms with Crippen LogP contribution in [0, 0.1) is 25.6 Å². The fraction of sp³-hybridized carbons (Fsp3) is 0.316. The Bertz CT molecular complexity index is 662. The van der Waals surface area contributed by atoms with Crippen LogP contribution in [0.5, 0.6) is 0 Å². The summed E-state index contributed by atoms with van der Waals surface area (Å²) in [6.07, 6.45) is 0. The zero-order chi connectivity index (χ0) is 16.3. The second-order valence-electron chi connectivity index (χ2n) is 6.07. The SMILES string of the molecule is Cc1ccc(C(=O)NC(c2ccc(F)cc2)C(C)C)c(C)c1. The summed E-state index contributed by atoms with van der Waals surface area (Å²) in [7, 11) is 0. The van der Waals surface area contributed by atoms with Crippen molar-refractivity contribution in [3.8, 4) is 0 Å². The fourth-order valence-electron chi connectivity index (χ4n) is 2.59. The van der Waals surface area contributed by atoms with E-state index in [1.165, 1.54) is 12.1 Å². The Hall–Kier alpha value is -2.16. The van der Waals surface area contributed by atoms with Gasteiger partial charge in [0.15, 0.2) is 0 Å². The van der Waals surface area contributed by atoms with E-state index in [1.54, 1.807) is 12.1 Å². The molecule has 0 spiro atoms. The van der Waals surface area contributed by atoms with Crippen LogP contribution in [0.1, 0.15) is 46.9 Å². The third-order valence-corrected chi connectivity index (χ3v) is 3.81. The average molecular weight is 299 g/mol. The number of halogens is 1. The van der Waals surface area contributed by atoms with Crippen LogP contribution in [0.2, 0.25) is 0 Å². The molecule has 1 amide bonds. The van der Waals surface area contributed by atoms with Crippen LogP contribution in [0.3, 0.4) is 0 Å². The minimum Gasteiger partial charge on any atom is -0.345 e. The van der Waals surface area contributed by atoms with E-state index in [2.05, 4.69) is 5.32 Å². The molecule has 22 heavy (non-hydrogen) atoms. The summed E-state index contributed by atoms with van der Waals surface area (Å²) >= 11 is 0. The van der Waals surface area contributed by atoms with Crippen molar-refractivity contribution in [1.29, 1.82) is 0 Å². The van der Waals surface area contributed by atoms with Crippen LogP contribution < -0.4 is 5.32 Å². The van der Waals surface area contributed by atoms with Crippen molar-refractivity contribution in [2.75, 3.05) is 0 Å². The first kappa shape index (κ1) is 16.2. The Labute approximate surface area is 131 Å². The number of benzene rings is 2. The van der Waals surface area contributed by atoms with Gasteiger partial charge >= 0.3 is 0 Å². The number of amides is 1. The lowest BCUT2D eigenvalue weighted by Crippen LogP contribution is -2.32. The van der Waals surface area contributed by atoms with Crippen LogP contribution in [0.4, 0.5) is 4.39 Å². The molecule has 0 aromatic heterocycles. The molecule has 2 rings (SSSR count). The van der Waals surface area contributed by atoms with Crippen LogP contribution in [0.15, 0.2) is 42.5 Å². The predicted octanol–water partition coefficient (Wildman–Crippen LogP) is 4.57. The van der Waals surface area contributed by atoms with Crippen molar-refractivity contribution in [3.05, 3.63) is 70.5 Å². The standard InChI is InChI=1S/C19H22FNO/c1-12(2)18(15-6-8-16(20)9-7-15)21-19(22)17-10-5-13(3)11-14(17)4/h5-12,18H,1-4H3,(H,21,22). The topological polar surface area (TPSA) is 29.1 Å². The molecule has 0 radical (unpaired) electrons. The van der Waals surface area contributed by atoms with Crippen LogP contribution in [-0.4, -0.2) is 5.91 Å². The Morgan fingerprint density at radius 1 is 1.05 bits per heavy atom. The molecular formula is C19H22FNO. The van der Waals surface area contributed by atoms with Gasteiger partial charge in [0.2, 0.25) is 0 Å². The number of aryl methyl sites for hydroxylation is 2. The van der Waals surface area contributed by atoms with Crippen molar-refractivity contribution in [3.63, 3.8) is 0 Å². The van der Waals surface area contributed by atoms with Crippen molar-refractivity contribution >= 4 is 5.91 Å². The molecule has 1 unspecified atom stereocenters. The molecule has 2 aromatic carbocycles. The first-order valence-electron chi connectivity index (χ1n) is 7.52. The molecule has 0 fully saturated rings. The molecule has 0 aliphatic carbocycles. The van der Waals surface area contributed by atoms with E-state index >= 15 is 0 Å². The van der Waals surface area contributed by atoms with Gasteiger partial charge in [-0.3, -0.25) is 4.79 Å². The number of carbonyl (C=O) groups excluding carboxylic acids is 1. The quantitative estimate of drug-likeness (QED) is 0.880. The zero-order valence-electron chi connectivity index (χ0n) is 13.5. The lowest BCUT2D eigenvalue weighted by atomic mass is 9.95. The van der Waals surface area contributed by atoms with Crippen LogP contribution in [-0.2, 0) is 0 Å². The molecular weight excluding hydrogens is 277 g/mol. The number of nitrogens with one attached hydrogen (secondary N) is 1. The third kappa shape index (κ3) is 3.73. The molecule has 1 N–H and O–H groups in total. The summed E-state index contributed by atoms with van der Waals surface area (Å²) in [5, 5.41) is 3.07. The maximum absolute atomic E-state index is 13.1. The number of rotatable bonds is 4. The van der Waals surface area contributed by atoms with E-state index in [4.69, 9.17) is 0 Å². The van der Waals surface area contributed by atoms with Crippen molar-refractivity contribution in [2.45, 2.75) is 33.7 Å². The normalized spacial score (nSPS) is 12.3. The fourth-order valence-corrected chi connectivity index (χ4v) is 2.59. The largest absolute Gasteiger partial charge is 0.345 e. The lowest BCUT2D eigenvalue weighted by molar-refractivity contribution is 0.0925. The molecule has 0 saturated carbocycles. The van der Waals surface area contributed by atoms with Gasteiger partial charge < -0.3 is 5.32 Å². The maximum Gasteiger partial charge on any atom is 0.252 e. The van der Waals surface area contributed by atoms with Crippen LogP contribution >= 0.6 is 0 Å². The van der Waals surface area contributed by atoms with Gasteiger partial charge in [-0.25, -0.2) is 4.39 Å². The molecule has 3 heteroatoms. The van der Waals surface area contributed by atoms with Crippen molar-refractivity contribution < 1.29 is 9.18 Å². The van der Waals surface area contributed by atoms with E-state index in [9.17, 15) is 9.18 Å². The van der Waals surface area contributed by atoms with Gasteiger partial charge in [0.05, 0.1) is 6.04 Å². The Morgan fingerprint density at radius 2 is 1.68 bits per heavy atom. The minimum atomic E-state index is -0.271. The molecule has 1 atom stereocenters. The van der Waals surface area contributed by atoms with E-state index in [0.29, 0.717) is 5.56 Å². The first-order valence-corrected chi connectivity index (χ1v) is 7.52. The van der Waals surface area contributed by atoms with Crippen molar-refractivity contribution in [1.82, 2.24) is 5.32 Å². The monoisotopic (exact) mass is 299 g/mol. The van der Waals surface area contributed by atoms with Gasteiger partial charge in [0.25, 0.3) is 5.91 Å². The second-order valence-corrected chi connectivity index (χ2v) is 6.07. The van der Waals surface area contributed by atoms with Crippen molar-refractivity contribution in [2.24, 2.45) is 5.92 Å². The van der Waals surface area contributed by atoms with Gasteiger partial charge in [0.1, 0.15) is 5.82 Å². The second kappa shape index (κ2) is 6.73.